The molecule has 0 aromatic heterocycles. The number of likely N-dealkylation sites (N-methyl/N-ethyl adjacent to an activating group) is 2. The molecule has 1 unspecified atom stereocenters. The molecule has 5 heteroatoms. The maximum Gasteiger partial charge on any atom is 0.230 e. The summed E-state index contributed by atoms with van der Waals surface area (Å²) in [5.41, 5.74) is 0.990. The minimum absolute atomic E-state index is 0. The Kier molecular flexibility index (Phi) is 8.86. The summed E-state index contributed by atoms with van der Waals surface area (Å²) in [5, 5.41) is 3.73. The lowest BCUT2D eigenvalue weighted by molar-refractivity contribution is -0.132. The van der Waals surface area contributed by atoms with Gasteiger partial charge in [0.1, 0.15) is 0 Å². The van der Waals surface area contributed by atoms with Crippen molar-refractivity contribution < 1.29 is 4.79 Å². The van der Waals surface area contributed by atoms with Crippen molar-refractivity contribution in [3.63, 3.8) is 0 Å². The quantitative estimate of drug-likeness (QED) is 0.873. The van der Waals surface area contributed by atoms with Gasteiger partial charge in [-0.1, -0.05) is 37.6 Å². The number of halogens is 2. The molecule has 0 aliphatic rings. The second kappa shape index (κ2) is 9.22. The summed E-state index contributed by atoms with van der Waals surface area (Å²) >= 11 is 6.03. The van der Waals surface area contributed by atoms with Gasteiger partial charge in [0.05, 0.1) is 5.92 Å². The lowest BCUT2D eigenvalue weighted by atomic mass is 9.87. The number of carbonyl (C=O) groups excluding carboxylic acids is 1. The summed E-state index contributed by atoms with van der Waals surface area (Å²) in [4.78, 5) is 14.3. The summed E-state index contributed by atoms with van der Waals surface area (Å²) in [6.45, 7) is 5.63. The summed E-state index contributed by atoms with van der Waals surface area (Å²) in [7, 11) is 3.73. The first-order valence-corrected chi connectivity index (χ1v) is 7.00. The Morgan fingerprint density at radius 2 is 2.05 bits per heavy atom. The van der Waals surface area contributed by atoms with E-state index in [1.807, 2.05) is 38.4 Å². The van der Waals surface area contributed by atoms with Gasteiger partial charge >= 0.3 is 0 Å². The standard InChI is InChI=1S/C15H23ClN2O.ClH/c1-11(2)14(12-6-5-7-13(16)10-12)15(19)18(4)9-8-17-3;/h5-7,10-11,14,17H,8-9H2,1-4H3;1H. The Bertz CT molecular complexity index is 424. The Balaban J connectivity index is 0.00000361. The SMILES string of the molecule is CNCCN(C)C(=O)C(c1cccc(Cl)c1)C(C)C.Cl. The van der Waals surface area contributed by atoms with Crippen LogP contribution in [0.25, 0.3) is 0 Å². The lowest BCUT2D eigenvalue weighted by Crippen LogP contribution is -2.37. The smallest absolute Gasteiger partial charge is 0.230 e. The molecule has 1 aromatic rings. The second-order valence-electron chi connectivity index (χ2n) is 5.14. The highest BCUT2D eigenvalue weighted by Crippen LogP contribution is 2.28. The molecule has 0 saturated heterocycles. The van der Waals surface area contributed by atoms with Crippen molar-refractivity contribution in [2.24, 2.45) is 5.92 Å². The van der Waals surface area contributed by atoms with E-state index in [0.29, 0.717) is 11.6 Å². The normalized spacial score (nSPS) is 11.9. The van der Waals surface area contributed by atoms with E-state index in [4.69, 9.17) is 11.6 Å². The van der Waals surface area contributed by atoms with Crippen LogP contribution < -0.4 is 5.32 Å². The van der Waals surface area contributed by atoms with Crippen molar-refractivity contribution in [2.45, 2.75) is 19.8 Å². The largest absolute Gasteiger partial charge is 0.344 e. The van der Waals surface area contributed by atoms with Gasteiger partial charge in [-0.2, -0.15) is 0 Å². The number of rotatable bonds is 6. The van der Waals surface area contributed by atoms with E-state index in [9.17, 15) is 4.79 Å². The van der Waals surface area contributed by atoms with E-state index in [-0.39, 0.29) is 30.2 Å². The molecule has 1 aromatic carbocycles. The third-order valence-corrected chi connectivity index (χ3v) is 3.45. The molecule has 0 heterocycles. The molecule has 0 fully saturated rings. The minimum Gasteiger partial charge on any atom is -0.344 e. The van der Waals surface area contributed by atoms with E-state index in [1.54, 1.807) is 4.90 Å². The van der Waals surface area contributed by atoms with E-state index in [0.717, 1.165) is 12.1 Å². The maximum atomic E-state index is 12.6. The van der Waals surface area contributed by atoms with Gasteiger partial charge in [0.25, 0.3) is 0 Å². The number of nitrogens with zero attached hydrogens (tertiary/aromatic N) is 1. The Hall–Kier alpha value is -0.770. The molecule has 0 bridgehead atoms. The van der Waals surface area contributed by atoms with E-state index < -0.39 is 0 Å². The molecule has 1 N–H and O–H groups in total. The Morgan fingerprint density at radius 3 is 2.55 bits per heavy atom. The zero-order chi connectivity index (χ0) is 14.4. The molecule has 3 nitrogen and oxygen atoms in total. The van der Waals surface area contributed by atoms with E-state index >= 15 is 0 Å². The van der Waals surface area contributed by atoms with Crippen LogP contribution in [0.1, 0.15) is 25.3 Å². The summed E-state index contributed by atoms with van der Waals surface area (Å²) in [6, 6.07) is 7.59. The van der Waals surface area contributed by atoms with Crippen LogP contribution in [-0.2, 0) is 4.79 Å². The fourth-order valence-corrected chi connectivity index (χ4v) is 2.34. The molecule has 1 amide bonds. The molecule has 0 aliphatic carbocycles. The first kappa shape index (κ1) is 19.2. The van der Waals surface area contributed by atoms with Gasteiger partial charge in [-0.25, -0.2) is 0 Å². The molecule has 0 saturated carbocycles. The predicted molar refractivity (Wildman–Crippen MR) is 87.8 cm³/mol. The number of hydrogen-bond acceptors (Lipinski definition) is 2. The first-order valence-electron chi connectivity index (χ1n) is 6.62. The number of hydrogen-bond donors (Lipinski definition) is 1. The van der Waals surface area contributed by atoms with Gasteiger partial charge in [0, 0.05) is 25.2 Å². The van der Waals surface area contributed by atoms with Crippen LogP contribution in [0.5, 0.6) is 0 Å². The molecule has 0 spiro atoms. The molecular formula is C15H24Cl2N2O. The van der Waals surface area contributed by atoms with Crippen LogP contribution in [0.2, 0.25) is 5.02 Å². The average Bonchev–Trinajstić information content (AvgIpc) is 2.35. The van der Waals surface area contributed by atoms with Crippen LogP contribution in [0.3, 0.4) is 0 Å². The molecule has 20 heavy (non-hydrogen) atoms. The predicted octanol–water partition coefficient (Wildman–Crippen LogP) is 3.18. The number of amides is 1. The third-order valence-electron chi connectivity index (χ3n) is 3.21. The topological polar surface area (TPSA) is 32.3 Å². The third kappa shape index (κ3) is 5.31. The highest BCUT2D eigenvalue weighted by atomic mass is 35.5. The van der Waals surface area contributed by atoms with Crippen LogP contribution in [0.15, 0.2) is 24.3 Å². The van der Waals surface area contributed by atoms with Crippen LogP contribution >= 0.6 is 24.0 Å². The number of carbonyl (C=O) groups is 1. The summed E-state index contributed by atoms with van der Waals surface area (Å²) < 4.78 is 0. The van der Waals surface area contributed by atoms with Crippen molar-refractivity contribution in [1.29, 1.82) is 0 Å². The highest BCUT2D eigenvalue weighted by molar-refractivity contribution is 6.30. The number of nitrogens with one attached hydrogen (secondary N) is 1. The van der Waals surface area contributed by atoms with Crippen molar-refractivity contribution in [3.05, 3.63) is 34.9 Å². The van der Waals surface area contributed by atoms with Gasteiger partial charge < -0.3 is 10.2 Å². The minimum atomic E-state index is -0.138. The fraction of sp³-hybridized carbons (Fsp3) is 0.533. The second-order valence-corrected chi connectivity index (χ2v) is 5.58. The van der Waals surface area contributed by atoms with E-state index in [2.05, 4.69) is 19.2 Å². The van der Waals surface area contributed by atoms with Crippen molar-refractivity contribution >= 4 is 29.9 Å². The number of benzene rings is 1. The van der Waals surface area contributed by atoms with E-state index in [1.165, 1.54) is 0 Å². The average molecular weight is 319 g/mol. The van der Waals surface area contributed by atoms with Gasteiger partial charge in [-0.05, 0) is 30.7 Å². The monoisotopic (exact) mass is 318 g/mol. The first-order chi connectivity index (χ1) is 8.97. The zero-order valence-corrected chi connectivity index (χ0v) is 14.1. The van der Waals surface area contributed by atoms with Crippen molar-refractivity contribution in [2.75, 3.05) is 27.2 Å². The van der Waals surface area contributed by atoms with Gasteiger partial charge in [0.2, 0.25) is 5.91 Å². The summed E-state index contributed by atoms with van der Waals surface area (Å²) in [5.74, 6) is 0.246. The fourth-order valence-electron chi connectivity index (χ4n) is 2.14. The molecular weight excluding hydrogens is 295 g/mol. The van der Waals surface area contributed by atoms with Crippen LogP contribution in [-0.4, -0.2) is 38.0 Å². The van der Waals surface area contributed by atoms with Crippen molar-refractivity contribution in [1.82, 2.24) is 10.2 Å². The van der Waals surface area contributed by atoms with Gasteiger partial charge in [0.15, 0.2) is 0 Å². The highest BCUT2D eigenvalue weighted by Gasteiger charge is 2.26. The maximum absolute atomic E-state index is 12.6. The van der Waals surface area contributed by atoms with Crippen LogP contribution in [0.4, 0.5) is 0 Å². The molecule has 0 radical (unpaired) electrons. The van der Waals surface area contributed by atoms with Crippen LogP contribution in [0, 0.1) is 5.92 Å². The molecule has 1 atom stereocenters. The van der Waals surface area contributed by atoms with Gasteiger partial charge in [-0.3, -0.25) is 4.79 Å². The van der Waals surface area contributed by atoms with Crippen molar-refractivity contribution in [3.8, 4) is 0 Å². The molecule has 0 aliphatic heterocycles. The Morgan fingerprint density at radius 1 is 1.40 bits per heavy atom. The molecule has 1 rings (SSSR count). The molecule has 114 valence electrons. The zero-order valence-electron chi connectivity index (χ0n) is 12.5. The Labute approximate surface area is 133 Å². The van der Waals surface area contributed by atoms with Gasteiger partial charge in [-0.15, -0.1) is 12.4 Å². The summed E-state index contributed by atoms with van der Waals surface area (Å²) in [6.07, 6.45) is 0. The lowest BCUT2D eigenvalue weighted by Gasteiger charge is -2.26.